The number of hydrogen-bond acceptors (Lipinski definition) is 3. The van der Waals surface area contributed by atoms with E-state index in [1.807, 2.05) is 49.5 Å². The van der Waals surface area contributed by atoms with Crippen LogP contribution in [0.25, 0.3) is 5.78 Å². The van der Waals surface area contributed by atoms with E-state index in [0.29, 0.717) is 12.3 Å². The Morgan fingerprint density at radius 2 is 1.62 bits per heavy atom. The molecule has 2 aromatic heterocycles. The molecule has 0 unspecified atom stereocenters. The van der Waals surface area contributed by atoms with Crippen molar-refractivity contribution < 1.29 is 0 Å². The second kappa shape index (κ2) is 7.22. The topological polar surface area (TPSA) is 39.3 Å². The van der Waals surface area contributed by atoms with Crippen LogP contribution < -0.4 is 5.56 Å². The van der Waals surface area contributed by atoms with Crippen LogP contribution in [0.3, 0.4) is 0 Å². The maximum absolute atomic E-state index is 12.4. The van der Waals surface area contributed by atoms with Gasteiger partial charge in [-0.25, -0.2) is 4.98 Å². The van der Waals surface area contributed by atoms with Crippen molar-refractivity contribution in [2.24, 2.45) is 0 Å². The van der Waals surface area contributed by atoms with Crippen molar-refractivity contribution in [3.8, 4) is 0 Å². The lowest BCUT2D eigenvalue weighted by Crippen LogP contribution is -2.14. The molecule has 0 saturated heterocycles. The molecule has 0 amide bonds. The molecule has 26 heavy (non-hydrogen) atoms. The minimum atomic E-state index is -0.0409. The predicted molar refractivity (Wildman–Crippen MR) is 106 cm³/mol. The Hall–Kier alpha value is -2.79. The number of aryl methyl sites for hydroxylation is 1. The minimum Gasteiger partial charge on any atom is -0.300 e. The Morgan fingerprint density at radius 1 is 0.962 bits per heavy atom. The number of thioether (sulfide) groups is 1. The number of benzene rings is 2. The highest BCUT2D eigenvalue weighted by Gasteiger charge is 2.13. The van der Waals surface area contributed by atoms with E-state index in [2.05, 4.69) is 33.8 Å². The first-order valence-electron chi connectivity index (χ1n) is 8.51. The first-order valence-corrected chi connectivity index (χ1v) is 9.49. The quantitative estimate of drug-likeness (QED) is 0.502. The van der Waals surface area contributed by atoms with Crippen molar-refractivity contribution in [2.75, 3.05) is 0 Å². The maximum atomic E-state index is 12.4. The summed E-state index contributed by atoms with van der Waals surface area (Å²) in [5.41, 5.74) is 3.14. The van der Waals surface area contributed by atoms with E-state index in [-0.39, 0.29) is 5.56 Å². The van der Waals surface area contributed by atoms with E-state index in [1.54, 1.807) is 22.2 Å². The van der Waals surface area contributed by atoms with Gasteiger partial charge >= 0.3 is 0 Å². The summed E-state index contributed by atoms with van der Waals surface area (Å²) in [5, 5.41) is 1.04. The molecule has 2 aromatic carbocycles. The second-order valence-electron chi connectivity index (χ2n) is 6.22. The number of fused-ring (bicyclic) bond motifs is 1. The number of hydrogen-bond donors (Lipinski definition) is 0. The highest BCUT2D eigenvalue weighted by Crippen LogP contribution is 2.25. The van der Waals surface area contributed by atoms with Crippen LogP contribution in [0.1, 0.15) is 16.8 Å². The van der Waals surface area contributed by atoms with Crippen LogP contribution in [-0.4, -0.2) is 14.0 Å². The SMILES string of the molecule is Cc1cc(=O)n2cc(SCc3ccccc3)n(Cc3ccccc3)c2n1. The molecule has 4 aromatic rings. The van der Waals surface area contributed by atoms with Crippen molar-refractivity contribution >= 4 is 17.5 Å². The average Bonchev–Trinajstić information content (AvgIpc) is 3.00. The van der Waals surface area contributed by atoms with Gasteiger partial charge in [-0.05, 0) is 18.1 Å². The molecule has 4 nitrogen and oxygen atoms in total. The van der Waals surface area contributed by atoms with E-state index >= 15 is 0 Å². The maximum Gasteiger partial charge on any atom is 0.259 e. The molecule has 0 fully saturated rings. The van der Waals surface area contributed by atoms with Crippen LogP contribution >= 0.6 is 11.8 Å². The Kier molecular flexibility index (Phi) is 4.63. The molecule has 0 atom stereocenters. The average molecular weight is 361 g/mol. The molecular weight excluding hydrogens is 342 g/mol. The Bertz CT molecular complexity index is 1080. The zero-order valence-corrected chi connectivity index (χ0v) is 15.3. The van der Waals surface area contributed by atoms with Crippen LogP contribution in [0.4, 0.5) is 0 Å². The summed E-state index contributed by atoms with van der Waals surface area (Å²) < 4.78 is 3.76. The fourth-order valence-corrected chi connectivity index (χ4v) is 3.93. The second-order valence-corrected chi connectivity index (χ2v) is 7.21. The largest absolute Gasteiger partial charge is 0.300 e. The van der Waals surface area contributed by atoms with Gasteiger partial charge in [0.1, 0.15) is 0 Å². The van der Waals surface area contributed by atoms with Gasteiger partial charge in [0.2, 0.25) is 5.78 Å². The summed E-state index contributed by atoms with van der Waals surface area (Å²) in [6, 6.07) is 22.2. The van der Waals surface area contributed by atoms with Crippen LogP contribution in [0.2, 0.25) is 0 Å². The first-order chi connectivity index (χ1) is 12.7. The fraction of sp³-hybridized carbons (Fsp3) is 0.143. The van der Waals surface area contributed by atoms with E-state index < -0.39 is 0 Å². The van der Waals surface area contributed by atoms with Crippen LogP contribution in [0.5, 0.6) is 0 Å². The van der Waals surface area contributed by atoms with Gasteiger partial charge in [0, 0.05) is 23.7 Å². The first kappa shape index (κ1) is 16.7. The number of rotatable bonds is 5. The Labute approximate surface area is 156 Å². The molecule has 0 aliphatic carbocycles. The highest BCUT2D eigenvalue weighted by atomic mass is 32.2. The van der Waals surface area contributed by atoms with Crippen molar-refractivity contribution in [1.29, 1.82) is 0 Å². The molecule has 0 aliphatic rings. The van der Waals surface area contributed by atoms with Gasteiger partial charge in [0.05, 0.1) is 11.6 Å². The van der Waals surface area contributed by atoms with Crippen LogP contribution in [0, 0.1) is 6.92 Å². The van der Waals surface area contributed by atoms with E-state index in [4.69, 9.17) is 0 Å². The number of nitrogens with zero attached hydrogens (tertiary/aromatic N) is 3. The van der Waals surface area contributed by atoms with Crippen molar-refractivity contribution in [2.45, 2.75) is 24.2 Å². The van der Waals surface area contributed by atoms with Gasteiger partial charge in [-0.2, -0.15) is 0 Å². The normalized spacial score (nSPS) is 11.1. The van der Waals surface area contributed by atoms with Gasteiger partial charge in [-0.15, -0.1) is 11.8 Å². The van der Waals surface area contributed by atoms with Crippen LogP contribution in [-0.2, 0) is 12.3 Å². The fourth-order valence-electron chi connectivity index (χ4n) is 2.94. The Morgan fingerprint density at radius 3 is 2.31 bits per heavy atom. The minimum absolute atomic E-state index is 0.0409. The van der Waals surface area contributed by atoms with Gasteiger partial charge in [0.25, 0.3) is 5.56 Å². The van der Waals surface area contributed by atoms with Gasteiger partial charge in [-0.1, -0.05) is 60.7 Å². The molecule has 2 heterocycles. The summed E-state index contributed by atoms with van der Waals surface area (Å²) in [7, 11) is 0. The molecule has 0 spiro atoms. The van der Waals surface area contributed by atoms with Gasteiger partial charge in [-0.3, -0.25) is 9.20 Å². The Balaban J connectivity index is 1.76. The molecule has 0 N–H and O–H groups in total. The summed E-state index contributed by atoms with van der Waals surface area (Å²) in [5.74, 6) is 1.54. The predicted octanol–water partition coefficient (Wildman–Crippen LogP) is 4.15. The summed E-state index contributed by atoms with van der Waals surface area (Å²) in [4.78, 5) is 17.0. The van der Waals surface area contributed by atoms with Crippen molar-refractivity contribution in [3.05, 3.63) is 100 Å². The number of aromatic nitrogens is 3. The number of imidazole rings is 1. The zero-order valence-electron chi connectivity index (χ0n) is 14.5. The summed E-state index contributed by atoms with van der Waals surface area (Å²) >= 11 is 1.72. The lowest BCUT2D eigenvalue weighted by Gasteiger charge is -2.09. The molecule has 130 valence electrons. The molecule has 5 heteroatoms. The van der Waals surface area contributed by atoms with E-state index in [1.165, 1.54) is 11.1 Å². The monoisotopic (exact) mass is 361 g/mol. The van der Waals surface area contributed by atoms with Crippen molar-refractivity contribution in [3.63, 3.8) is 0 Å². The summed E-state index contributed by atoms with van der Waals surface area (Å²) in [6.07, 6.45) is 1.90. The van der Waals surface area contributed by atoms with Crippen molar-refractivity contribution in [1.82, 2.24) is 14.0 Å². The lowest BCUT2D eigenvalue weighted by atomic mass is 10.2. The molecule has 0 radical (unpaired) electrons. The summed E-state index contributed by atoms with van der Waals surface area (Å²) in [6.45, 7) is 2.54. The smallest absolute Gasteiger partial charge is 0.259 e. The highest BCUT2D eigenvalue weighted by molar-refractivity contribution is 7.98. The van der Waals surface area contributed by atoms with Crippen LogP contribution in [0.15, 0.2) is 82.7 Å². The van der Waals surface area contributed by atoms with E-state index in [9.17, 15) is 4.79 Å². The molecule has 0 bridgehead atoms. The molecular formula is C21H19N3OS. The molecule has 4 rings (SSSR count). The van der Waals surface area contributed by atoms with Gasteiger partial charge in [0.15, 0.2) is 0 Å². The lowest BCUT2D eigenvalue weighted by molar-refractivity contribution is 0.745. The third-order valence-corrected chi connectivity index (χ3v) is 5.32. The zero-order chi connectivity index (χ0) is 17.9. The standard InChI is InChI=1S/C21H19N3OS/c1-16-12-19(25)23-14-20(26-15-18-10-6-3-7-11-18)24(21(23)22-16)13-17-8-4-2-5-9-17/h2-12,14H,13,15H2,1H3. The molecule has 0 aliphatic heterocycles. The third kappa shape index (κ3) is 3.44. The third-order valence-electron chi connectivity index (χ3n) is 4.22. The van der Waals surface area contributed by atoms with E-state index in [0.717, 1.165) is 16.5 Å². The molecule has 0 saturated carbocycles. The van der Waals surface area contributed by atoms with Gasteiger partial charge < -0.3 is 4.57 Å².